The van der Waals surface area contributed by atoms with Gasteiger partial charge in [0.15, 0.2) is 11.0 Å². The van der Waals surface area contributed by atoms with E-state index in [2.05, 4.69) is 9.98 Å². The highest BCUT2D eigenvalue weighted by Gasteiger charge is 2.34. The number of amidine groups is 1. The third kappa shape index (κ3) is 5.10. The molecule has 0 radical (unpaired) electrons. The largest absolute Gasteiger partial charge is 0.494 e. The molecule has 1 aliphatic rings. The second kappa shape index (κ2) is 9.91. The van der Waals surface area contributed by atoms with Gasteiger partial charge in [0.2, 0.25) is 0 Å². The molecule has 2 aromatic carbocycles. The van der Waals surface area contributed by atoms with Gasteiger partial charge in [-0.25, -0.2) is 9.98 Å². The summed E-state index contributed by atoms with van der Waals surface area (Å²) in [5.74, 6) is 1.19. The Bertz CT molecular complexity index is 1120. The Kier molecular flexibility index (Phi) is 6.59. The van der Waals surface area contributed by atoms with Crippen molar-refractivity contribution in [1.82, 2.24) is 4.98 Å². The van der Waals surface area contributed by atoms with Crippen LogP contribution in [0.3, 0.4) is 0 Å². The van der Waals surface area contributed by atoms with Gasteiger partial charge in [0.1, 0.15) is 5.75 Å². The van der Waals surface area contributed by atoms with Crippen LogP contribution in [-0.2, 0) is 4.79 Å². The molecule has 0 unspecified atom stereocenters. The Labute approximate surface area is 185 Å². The summed E-state index contributed by atoms with van der Waals surface area (Å²) in [7, 11) is 0. The van der Waals surface area contributed by atoms with Crippen LogP contribution in [0.2, 0.25) is 0 Å². The predicted octanol–water partition coefficient (Wildman–Crippen LogP) is 5.85. The number of thioether (sulfide) groups is 1. The van der Waals surface area contributed by atoms with E-state index in [-0.39, 0.29) is 5.91 Å². The van der Waals surface area contributed by atoms with Crippen LogP contribution in [0.4, 0.5) is 11.5 Å². The molecule has 0 N–H and O–H groups in total. The van der Waals surface area contributed by atoms with Gasteiger partial charge in [-0.2, -0.15) is 0 Å². The van der Waals surface area contributed by atoms with Crippen LogP contribution in [0.15, 0.2) is 101 Å². The van der Waals surface area contributed by atoms with E-state index >= 15 is 0 Å². The van der Waals surface area contributed by atoms with Crippen LogP contribution in [-0.4, -0.2) is 22.7 Å². The molecule has 2 heterocycles. The summed E-state index contributed by atoms with van der Waals surface area (Å²) in [5.41, 5.74) is 1.80. The number of hydrogen-bond acceptors (Lipinski definition) is 5. The topological polar surface area (TPSA) is 54.8 Å². The molecule has 1 aliphatic heterocycles. The number of rotatable bonds is 6. The third-order valence-corrected chi connectivity index (χ3v) is 5.39. The summed E-state index contributed by atoms with van der Waals surface area (Å²) in [6.45, 7) is 2.52. The monoisotopic (exact) mass is 427 g/mol. The lowest BCUT2D eigenvalue weighted by Crippen LogP contribution is -2.28. The molecule has 1 aromatic heterocycles. The van der Waals surface area contributed by atoms with E-state index < -0.39 is 0 Å². The number of amides is 1. The first-order valence-corrected chi connectivity index (χ1v) is 10.7. The van der Waals surface area contributed by atoms with Crippen LogP contribution in [0, 0.1) is 0 Å². The van der Waals surface area contributed by atoms with Crippen LogP contribution >= 0.6 is 11.8 Å². The normalized spacial score (nSPS) is 16.5. The lowest BCUT2D eigenvalue weighted by molar-refractivity contribution is -0.113. The second-order valence-electron chi connectivity index (χ2n) is 6.55. The number of ether oxygens (including phenoxy) is 1. The number of pyridine rings is 1. The Hall–Kier alpha value is -3.64. The molecule has 154 valence electrons. The van der Waals surface area contributed by atoms with Crippen LogP contribution in [0.25, 0.3) is 6.08 Å². The van der Waals surface area contributed by atoms with Crippen LogP contribution in [0.5, 0.6) is 5.75 Å². The molecule has 4 rings (SSSR count). The Morgan fingerprint density at radius 1 is 1.03 bits per heavy atom. The molecule has 0 spiro atoms. The zero-order valence-corrected chi connectivity index (χ0v) is 17.8. The van der Waals surface area contributed by atoms with Crippen molar-refractivity contribution in [2.24, 2.45) is 4.99 Å². The van der Waals surface area contributed by atoms with Gasteiger partial charge in [-0.15, -0.1) is 0 Å². The van der Waals surface area contributed by atoms with Crippen LogP contribution in [0.1, 0.15) is 12.5 Å². The Balaban J connectivity index is 1.66. The van der Waals surface area contributed by atoms with E-state index in [0.29, 0.717) is 22.5 Å². The number of allylic oxidation sites excluding steroid dienone is 2. The van der Waals surface area contributed by atoms with Crippen molar-refractivity contribution in [3.63, 3.8) is 0 Å². The van der Waals surface area contributed by atoms with Crippen molar-refractivity contribution in [1.29, 1.82) is 0 Å². The number of carbonyl (C=O) groups excluding carboxylic acids is 1. The minimum Gasteiger partial charge on any atom is -0.494 e. The minimum atomic E-state index is -0.124. The zero-order valence-electron chi connectivity index (χ0n) is 17.0. The summed E-state index contributed by atoms with van der Waals surface area (Å²) in [6, 6.07) is 22.9. The summed E-state index contributed by atoms with van der Waals surface area (Å²) in [5, 5.41) is 0.562. The van der Waals surface area contributed by atoms with Crippen molar-refractivity contribution in [2.45, 2.75) is 6.92 Å². The molecule has 1 fully saturated rings. The van der Waals surface area contributed by atoms with Crippen molar-refractivity contribution in [3.8, 4) is 5.75 Å². The summed E-state index contributed by atoms with van der Waals surface area (Å²) in [6.07, 6.45) is 7.36. The molecular weight excluding hydrogens is 406 g/mol. The van der Waals surface area contributed by atoms with Crippen molar-refractivity contribution >= 4 is 40.4 Å². The molecule has 5 nitrogen and oxygen atoms in total. The van der Waals surface area contributed by atoms with Gasteiger partial charge in [-0.05, 0) is 66.7 Å². The minimum absolute atomic E-state index is 0.124. The fourth-order valence-electron chi connectivity index (χ4n) is 2.98. The van der Waals surface area contributed by atoms with Gasteiger partial charge in [0, 0.05) is 6.20 Å². The highest BCUT2D eigenvalue weighted by molar-refractivity contribution is 8.19. The van der Waals surface area contributed by atoms with Gasteiger partial charge in [0.25, 0.3) is 5.91 Å². The lowest BCUT2D eigenvalue weighted by atomic mass is 10.2. The van der Waals surface area contributed by atoms with Crippen LogP contribution < -0.4 is 9.64 Å². The molecule has 3 aromatic rings. The van der Waals surface area contributed by atoms with E-state index in [9.17, 15) is 4.79 Å². The highest BCUT2D eigenvalue weighted by atomic mass is 32.2. The van der Waals surface area contributed by atoms with Gasteiger partial charge >= 0.3 is 0 Å². The van der Waals surface area contributed by atoms with E-state index in [4.69, 9.17) is 4.74 Å². The SMILES string of the molecule is CCOc1ccc(N2C(=O)/C(=C\C=C\c3ccccc3)S/C2=N\c2ccccn2)cc1. The number of benzene rings is 2. The fraction of sp³-hybridized carbons (Fsp3) is 0.0800. The fourth-order valence-corrected chi connectivity index (χ4v) is 3.92. The first-order chi connectivity index (χ1) is 15.2. The second-order valence-corrected chi connectivity index (χ2v) is 7.56. The molecule has 0 atom stereocenters. The highest BCUT2D eigenvalue weighted by Crippen LogP contribution is 2.36. The average molecular weight is 428 g/mol. The standard InChI is InChI=1S/C25H21N3O2S/c1-2-30-21-16-14-20(15-17-21)28-24(29)22(12-8-11-19-9-4-3-5-10-19)31-25(28)27-23-13-6-7-18-26-23/h3-18H,2H2,1H3/b11-8+,22-12+,27-25-. The van der Waals surface area contributed by atoms with Gasteiger partial charge < -0.3 is 4.74 Å². The maximum Gasteiger partial charge on any atom is 0.271 e. The third-order valence-electron chi connectivity index (χ3n) is 4.41. The number of aliphatic imine (C=N–C) groups is 1. The molecule has 1 saturated heterocycles. The van der Waals surface area contributed by atoms with E-state index in [1.165, 1.54) is 11.8 Å². The van der Waals surface area contributed by atoms with E-state index in [1.54, 1.807) is 11.1 Å². The first-order valence-electron chi connectivity index (χ1n) is 9.93. The number of anilines is 1. The molecule has 0 saturated carbocycles. The zero-order chi connectivity index (χ0) is 21.5. The first kappa shape index (κ1) is 20.6. The average Bonchev–Trinajstić information content (AvgIpc) is 3.11. The van der Waals surface area contributed by atoms with E-state index in [1.807, 2.05) is 97.9 Å². The molecule has 31 heavy (non-hydrogen) atoms. The summed E-state index contributed by atoms with van der Waals surface area (Å²) < 4.78 is 5.52. The quantitative estimate of drug-likeness (QED) is 0.464. The lowest BCUT2D eigenvalue weighted by Gasteiger charge is -2.16. The molecule has 0 bridgehead atoms. The summed E-state index contributed by atoms with van der Waals surface area (Å²) >= 11 is 1.33. The Morgan fingerprint density at radius 2 is 1.81 bits per heavy atom. The molecule has 0 aliphatic carbocycles. The Morgan fingerprint density at radius 3 is 2.52 bits per heavy atom. The number of hydrogen-bond donors (Lipinski definition) is 0. The predicted molar refractivity (Wildman–Crippen MR) is 128 cm³/mol. The number of aromatic nitrogens is 1. The van der Waals surface area contributed by atoms with Gasteiger partial charge in [-0.3, -0.25) is 9.69 Å². The van der Waals surface area contributed by atoms with Crippen molar-refractivity contribution in [3.05, 3.63) is 102 Å². The molecule has 6 heteroatoms. The molecule has 1 amide bonds. The molecular formula is C25H21N3O2S. The maximum atomic E-state index is 13.2. The van der Waals surface area contributed by atoms with E-state index in [0.717, 1.165) is 17.0 Å². The summed E-state index contributed by atoms with van der Waals surface area (Å²) in [4.78, 5) is 24.3. The smallest absolute Gasteiger partial charge is 0.271 e. The number of carbonyl (C=O) groups is 1. The van der Waals surface area contributed by atoms with Crippen molar-refractivity contribution in [2.75, 3.05) is 11.5 Å². The maximum absolute atomic E-state index is 13.2. The van der Waals surface area contributed by atoms with Crippen molar-refractivity contribution < 1.29 is 9.53 Å². The number of nitrogens with zero attached hydrogens (tertiary/aromatic N) is 3. The van der Waals surface area contributed by atoms with Gasteiger partial charge in [0.05, 0.1) is 17.2 Å². The van der Waals surface area contributed by atoms with Gasteiger partial charge in [-0.1, -0.05) is 48.6 Å².